The Labute approximate surface area is 152 Å². The highest BCUT2D eigenvalue weighted by Crippen LogP contribution is 2.47. The van der Waals surface area contributed by atoms with Crippen LogP contribution in [-0.2, 0) is 21.4 Å². The standard InChI is InChI=1S/C21H25FN2O2/c1-12-10-16(13(2)22)18-21(11-12,20(25)26-3)19-15(8-9-23-18)14-6-4-5-7-17(14)24-19/h4-7,10,12-13,18,23-24H,8-9,11H2,1-3H3. The van der Waals surface area contributed by atoms with Crippen molar-refractivity contribution in [1.82, 2.24) is 10.3 Å². The summed E-state index contributed by atoms with van der Waals surface area (Å²) in [4.78, 5) is 16.7. The maximum absolute atomic E-state index is 14.5. The Morgan fingerprint density at radius 1 is 1.38 bits per heavy atom. The van der Waals surface area contributed by atoms with Crippen LogP contribution in [0.15, 0.2) is 35.9 Å². The van der Waals surface area contributed by atoms with E-state index in [2.05, 4.69) is 16.4 Å². The molecule has 2 aliphatic rings. The number of alkyl halides is 1. The number of esters is 1. The minimum absolute atomic E-state index is 0.0812. The minimum atomic E-state index is -1.12. The van der Waals surface area contributed by atoms with Gasteiger partial charge in [0.1, 0.15) is 11.6 Å². The molecule has 0 bridgehead atoms. The average molecular weight is 356 g/mol. The Morgan fingerprint density at radius 2 is 2.15 bits per heavy atom. The summed E-state index contributed by atoms with van der Waals surface area (Å²) in [5, 5.41) is 4.59. The predicted molar refractivity (Wildman–Crippen MR) is 99.9 cm³/mol. The van der Waals surface area contributed by atoms with E-state index in [4.69, 9.17) is 4.74 Å². The molecule has 1 aliphatic heterocycles. The van der Waals surface area contributed by atoms with E-state index >= 15 is 0 Å². The van der Waals surface area contributed by atoms with Crippen molar-refractivity contribution in [2.75, 3.05) is 13.7 Å². The summed E-state index contributed by atoms with van der Waals surface area (Å²) >= 11 is 0. The molecule has 4 nitrogen and oxygen atoms in total. The second-order valence-corrected chi connectivity index (χ2v) is 7.59. The summed E-state index contributed by atoms with van der Waals surface area (Å²) < 4.78 is 19.8. The lowest BCUT2D eigenvalue weighted by Crippen LogP contribution is -2.58. The zero-order valence-corrected chi connectivity index (χ0v) is 15.4. The van der Waals surface area contributed by atoms with Crippen molar-refractivity contribution in [1.29, 1.82) is 0 Å². The lowest BCUT2D eigenvalue weighted by atomic mass is 9.64. The van der Waals surface area contributed by atoms with Crippen molar-refractivity contribution < 1.29 is 13.9 Å². The monoisotopic (exact) mass is 356 g/mol. The molecule has 0 spiro atoms. The molecule has 5 heteroatoms. The molecule has 0 saturated carbocycles. The topological polar surface area (TPSA) is 54.1 Å². The Bertz CT molecular complexity index is 885. The number of methoxy groups -OCH3 is 1. The molecule has 2 heterocycles. The van der Waals surface area contributed by atoms with Gasteiger partial charge in [-0.1, -0.05) is 31.2 Å². The first-order chi connectivity index (χ1) is 12.5. The molecule has 0 amide bonds. The van der Waals surface area contributed by atoms with E-state index in [1.807, 2.05) is 31.2 Å². The first kappa shape index (κ1) is 17.3. The molecule has 0 fully saturated rings. The van der Waals surface area contributed by atoms with E-state index in [1.54, 1.807) is 6.92 Å². The molecular formula is C21H25FN2O2. The number of aromatic amines is 1. The van der Waals surface area contributed by atoms with E-state index in [-0.39, 0.29) is 11.9 Å². The molecule has 2 aromatic rings. The third-order valence-corrected chi connectivity index (χ3v) is 5.94. The second kappa shape index (κ2) is 6.23. The smallest absolute Gasteiger partial charge is 0.319 e. The maximum atomic E-state index is 14.5. The molecule has 1 aliphatic carbocycles. The number of halogens is 1. The number of para-hydroxylation sites is 1. The molecular weight excluding hydrogens is 331 g/mol. The van der Waals surface area contributed by atoms with Crippen molar-refractivity contribution in [3.05, 3.63) is 47.2 Å². The van der Waals surface area contributed by atoms with Gasteiger partial charge in [0.2, 0.25) is 0 Å². The van der Waals surface area contributed by atoms with E-state index < -0.39 is 17.6 Å². The van der Waals surface area contributed by atoms with Crippen LogP contribution in [0, 0.1) is 5.92 Å². The lowest BCUT2D eigenvalue weighted by molar-refractivity contribution is -0.149. The van der Waals surface area contributed by atoms with Crippen LogP contribution < -0.4 is 5.32 Å². The highest BCUT2D eigenvalue weighted by molar-refractivity contribution is 5.92. The van der Waals surface area contributed by atoms with Gasteiger partial charge >= 0.3 is 5.97 Å². The number of benzene rings is 1. The largest absolute Gasteiger partial charge is 0.468 e. The number of nitrogens with one attached hydrogen (secondary N) is 2. The average Bonchev–Trinajstić information content (AvgIpc) is 2.92. The summed E-state index contributed by atoms with van der Waals surface area (Å²) in [5.41, 5.74) is 2.75. The number of ether oxygens (including phenoxy) is 1. The van der Waals surface area contributed by atoms with Crippen LogP contribution in [0.1, 0.15) is 31.5 Å². The van der Waals surface area contributed by atoms with Crippen LogP contribution in [0.25, 0.3) is 10.9 Å². The van der Waals surface area contributed by atoms with E-state index in [1.165, 1.54) is 7.11 Å². The highest BCUT2D eigenvalue weighted by atomic mass is 19.1. The Morgan fingerprint density at radius 3 is 2.88 bits per heavy atom. The van der Waals surface area contributed by atoms with Gasteiger partial charge in [0.25, 0.3) is 0 Å². The first-order valence-electron chi connectivity index (χ1n) is 9.26. The number of rotatable bonds is 2. The highest BCUT2D eigenvalue weighted by Gasteiger charge is 2.55. The van der Waals surface area contributed by atoms with Crippen LogP contribution in [0.2, 0.25) is 0 Å². The number of carbonyl (C=O) groups is 1. The lowest BCUT2D eigenvalue weighted by Gasteiger charge is -2.44. The van der Waals surface area contributed by atoms with Crippen LogP contribution in [0.4, 0.5) is 4.39 Å². The quantitative estimate of drug-likeness (QED) is 0.640. The van der Waals surface area contributed by atoms with Gasteiger partial charge in [-0.25, -0.2) is 4.39 Å². The van der Waals surface area contributed by atoms with Gasteiger partial charge in [0.05, 0.1) is 13.2 Å². The van der Waals surface area contributed by atoms with Gasteiger partial charge in [-0.05, 0) is 49.4 Å². The van der Waals surface area contributed by atoms with Gasteiger partial charge in [-0.2, -0.15) is 0 Å². The number of fused-ring (bicyclic) bond motifs is 5. The Kier molecular flexibility index (Phi) is 4.14. The van der Waals surface area contributed by atoms with Crippen LogP contribution in [0.3, 0.4) is 0 Å². The van der Waals surface area contributed by atoms with Crippen LogP contribution >= 0.6 is 0 Å². The molecule has 26 heavy (non-hydrogen) atoms. The van der Waals surface area contributed by atoms with Crippen LogP contribution in [-0.4, -0.2) is 36.8 Å². The first-order valence-corrected chi connectivity index (χ1v) is 9.26. The molecule has 2 N–H and O–H groups in total. The van der Waals surface area contributed by atoms with Crippen molar-refractivity contribution in [2.24, 2.45) is 5.92 Å². The van der Waals surface area contributed by atoms with Crippen molar-refractivity contribution in [3.63, 3.8) is 0 Å². The predicted octanol–water partition coefficient (Wildman–Crippen LogP) is 3.42. The molecule has 1 aromatic carbocycles. The molecule has 138 valence electrons. The summed E-state index contributed by atoms with van der Waals surface area (Å²) in [6.45, 7) is 4.28. The molecule has 0 saturated heterocycles. The molecule has 4 rings (SSSR count). The van der Waals surface area contributed by atoms with Gasteiger partial charge < -0.3 is 15.0 Å². The van der Waals surface area contributed by atoms with Crippen molar-refractivity contribution >= 4 is 16.9 Å². The molecule has 4 unspecified atom stereocenters. The Hall–Kier alpha value is -2.14. The number of hydrogen-bond acceptors (Lipinski definition) is 3. The zero-order valence-electron chi connectivity index (χ0n) is 15.4. The van der Waals surface area contributed by atoms with E-state index in [0.717, 1.165) is 28.6 Å². The van der Waals surface area contributed by atoms with Crippen molar-refractivity contribution in [2.45, 2.75) is 44.3 Å². The van der Waals surface area contributed by atoms with E-state index in [0.29, 0.717) is 18.5 Å². The number of allylic oxidation sites excluding steroid dienone is 1. The second-order valence-electron chi connectivity index (χ2n) is 7.59. The zero-order chi connectivity index (χ0) is 18.5. The maximum Gasteiger partial charge on any atom is 0.319 e. The summed E-state index contributed by atoms with van der Waals surface area (Å²) in [6.07, 6.45) is 2.24. The third kappa shape index (κ3) is 2.33. The number of hydrogen-bond donors (Lipinski definition) is 2. The number of H-pyrrole nitrogens is 1. The molecule has 4 atom stereocenters. The summed E-state index contributed by atoms with van der Waals surface area (Å²) in [6, 6.07) is 7.70. The molecule has 1 aromatic heterocycles. The normalized spacial score (nSPS) is 29.3. The van der Waals surface area contributed by atoms with Gasteiger partial charge in [0, 0.05) is 16.6 Å². The van der Waals surface area contributed by atoms with Gasteiger partial charge in [-0.3, -0.25) is 4.79 Å². The SMILES string of the molecule is COC(=O)C12CC(C)C=C(C(C)F)C1NCCc1c2[nH]c2ccccc12. The minimum Gasteiger partial charge on any atom is -0.468 e. The fraction of sp³-hybridized carbons (Fsp3) is 0.476. The van der Waals surface area contributed by atoms with Crippen LogP contribution in [0.5, 0.6) is 0 Å². The van der Waals surface area contributed by atoms with Gasteiger partial charge in [-0.15, -0.1) is 0 Å². The van der Waals surface area contributed by atoms with Crippen molar-refractivity contribution in [3.8, 4) is 0 Å². The fourth-order valence-corrected chi connectivity index (χ4v) is 4.96. The number of carbonyl (C=O) groups excluding carboxylic acids is 1. The summed E-state index contributed by atoms with van der Waals surface area (Å²) in [7, 11) is 1.42. The fourth-order valence-electron chi connectivity index (χ4n) is 4.96. The third-order valence-electron chi connectivity index (χ3n) is 5.94. The molecule has 0 radical (unpaired) electrons. The van der Waals surface area contributed by atoms with E-state index in [9.17, 15) is 9.18 Å². The van der Waals surface area contributed by atoms with Gasteiger partial charge in [0.15, 0.2) is 0 Å². The number of aromatic nitrogens is 1. The Balaban J connectivity index is 2.03. The summed E-state index contributed by atoms with van der Waals surface area (Å²) in [5.74, 6) is -0.222.